The van der Waals surface area contributed by atoms with Crippen LogP contribution in [0.2, 0.25) is 0 Å². The third kappa shape index (κ3) is 3.55. The lowest BCUT2D eigenvalue weighted by atomic mass is 9.46. The predicted molar refractivity (Wildman–Crippen MR) is 120 cm³/mol. The van der Waals surface area contributed by atoms with E-state index in [0.29, 0.717) is 11.3 Å². The molecule has 0 spiro atoms. The molecule has 0 radical (unpaired) electrons. The summed E-state index contributed by atoms with van der Waals surface area (Å²) in [6.07, 6.45) is 13.9. The van der Waals surface area contributed by atoms with E-state index in [0.717, 1.165) is 48.9 Å². The Bertz CT molecular complexity index is 624. The zero-order valence-electron chi connectivity index (χ0n) is 19.7. The first-order valence-electron chi connectivity index (χ1n) is 12.7. The molecule has 4 aliphatic rings. The molecule has 4 rings (SSSR count). The van der Waals surface area contributed by atoms with Crippen molar-refractivity contribution in [1.29, 1.82) is 0 Å². The van der Waals surface area contributed by atoms with E-state index in [4.69, 9.17) is 0 Å². The predicted octanol–water partition coefficient (Wildman–Crippen LogP) is 6.36. The van der Waals surface area contributed by atoms with Gasteiger partial charge in [0.25, 0.3) is 0 Å². The van der Waals surface area contributed by atoms with Crippen LogP contribution in [0.3, 0.4) is 0 Å². The van der Waals surface area contributed by atoms with Crippen molar-refractivity contribution in [1.82, 2.24) is 0 Å². The molecule has 0 bridgehead atoms. The van der Waals surface area contributed by atoms with Gasteiger partial charge in [-0.3, -0.25) is 0 Å². The SMILES string of the molecule is CC(C)CCCC(C)C1CC[C@H]2[C@@H]3CC=C4C(O)C(O)CC[C@]4(C)[C@@H]3CC[C@]12C. The molecule has 0 aromatic rings. The second-order valence-corrected chi connectivity index (χ2v) is 12.3. The van der Waals surface area contributed by atoms with Crippen LogP contribution in [-0.4, -0.2) is 22.4 Å². The van der Waals surface area contributed by atoms with Gasteiger partial charge in [-0.05, 0) is 96.9 Å². The Morgan fingerprint density at radius 2 is 1.72 bits per heavy atom. The van der Waals surface area contributed by atoms with Gasteiger partial charge in [-0.2, -0.15) is 0 Å². The van der Waals surface area contributed by atoms with Crippen molar-refractivity contribution in [3.05, 3.63) is 11.6 Å². The number of allylic oxidation sites excluding steroid dienone is 1. The molecule has 0 aliphatic heterocycles. The van der Waals surface area contributed by atoms with Crippen LogP contribution in [0.1, 0.15) is 98.8 Å². The summed E-state index contributed by atoms with van der Waals surface area (Å²) < 4.78 is 0. The molecular formula is C27H46O2. The molecule has 0 aromatic heterocycles. The smallest absolute Gasteiger partial charge is 0.101 e. The molecule has 3 saturated carbocycles. The Morgan fingerprint density at radius 3 is 2.45 bits per heavy atom. The van der Waals surface area contributed by atoms with Crippen LogP contribution in [0.4, 0.5) is 0 Å². The van der Waals surface area contributed by atoms with Crippen molar-refractivity contribution < 1.29 is 10.2 Å². The zero-order chi connectivity index (χ0) is 21.0. The Balaban J connectivity index is 1.51. The highest BCUT2D eigenvalue weighted by molar-refractivity contribution is 5.29. The molecule has 0 aromatic carbocycles. The molecular weight excluding hydrogens is 356 g/mol. The van der Waals surface area contributed by atoms with Gasteiger partial charge in [0.2, 0.25) is 0 Å². The minimum absolute atomic E-state index is 0.115. The maximum absolute atomic E-state index is 10.7. The van der Waals surface area contributed by atoms with Crippen molar-refractivity contribution in [2.45, 2.75) is 111 Å². The number of hydrogen-bond acceptors (Lipinski definition) is 2. The second-order valence-electron chi connectivity index (χ2n) is 12.3. The van der Waals surface area contributed by atoms with Gasteiger partial charge in [0.15, 0.2) is 0 Å². The van der Waals surface area contributed by atoms with Crippen LogP contribution in [-0.2, 0) is 0 Å². The molecule has 3 fully saturated rings. The Hall–Kier alpha value is -0.340. The van der Waals surface area contributed by atoms with Gasteiger partial charge in [0.1, 0.15) is 6.10 Å². The summed E-state index contributed by atoms with van der Waals surface area (Å²) >= 11 is 0. The summed E-state index contributed by atoms with van der Waals surface area (Å²) in [5, 5.41) is 20.9. The van der Waals surface area contributed by atoms with E-state index in [2.05, 4.69) is 40.7 Å². The minimum atomic E-state index is -0.625. The first-order valence-corrected chi connectivity index (χ1v) is 12.7. The lowest BCUT2D eigenvalue weighted by molar-refractivity contribution is -0.0801. The molecule has 2 nitrogen and oxygen atoms in total. The summed E-state index contributed by atoms with van der Waals surface area (Å²) in [7, 11) is 0. The van der Waals surface area contributed by atoms with Crippen molar-refractivity contribution in [2.24, 2.45) is 46.3 Å². The molecule has 2 heteroatoms. The van der Waals surface area contributed by atoms with Crippen LogP contribution in [0.15, 0.2) is 11.6 Å². The molecule has 29 heavy (non-hydrogen) atoms. The van der Waals surface area contributed by atoms with Crippen molar-refractivity contribution >= 4 is 0 Å². The molecule has 0 heterocycles. The monoisotopic (exact) mass is 402 g/mol. The summed E-state index contributed by atoms with van der Waals surface area (Å²) in [5.74, 6) is 4.95. The van der Waals surface area contributed by atoms with E-state index in [1.165, 1.54) is 50.5 Å². The topological polar surface area (TPSA) is 40.5 Å². The molecule has 0 saturated heterocycles. The van der Waals surface area contributed by atoms with Crippen LogP contribution in [0, 0.1) is 46.3 Å². The van der Waals surface area contributed by atoms with Gasteiger partial charge in [-0.15, -0.1) is 0 Å². The minimum Gasteiger partial charge on any atom is -0.390 e. The van der Waals surface area contributed by atoms with Crippen LogP contribution in [0.5, 0.6) is 0 Å². The number of fused-ring (bicyclic) bond motifs is 5. The molecule has 4 aliphatic carbocycles. The average molecular weight is 403 g/mol. The fraction of sp³-hybridized carbons (Fsp3) is 0.926. The van der Waals surface area contributed by atoms with E-state index in [1.807, 2.05) is 0 Å². The van der Waals surface area contributed by atoms with Crippen LogP contribution >= 0.6 is 0 Å². The molecule has 0 amide bonds. The summed E-state index contributed by atoms with van der Waals surface area (Å²) in [5.41, 5.74) is 1.81. The van der Waals surface area contributed by atoms with E-state index in [-0.39, 0.29) is 5.41 Å². The van der Waals surface area contributed by atoms with Crippen molar-refractivity contribution in [3.63, 3.8) is 0 Å². The van der Waals surface area contributed by atoms with E-state index >= 15 is 0 Å². The van der Waals surface area contributed by atoms with Gasteiger partial charge >= 0.3 is 0 Å². The third-order valence-corrected chi connectivity index (χ3v) is 10.4. The first-order chi connectivity index (χ1) is 13.7. The summed E-state index contributed by atoms with van der Waals surface area (Å²) in [4.78, 5) is 0. The molecule has 4 unspecified atom stereocenters. The lowest BCUT2D eigenvalue weighted by Crippen LogP contribution is -2.53. The highest BCUT2D eigenvalue weighted by Crippen LogP contribution is 2.67. The Morgan fingerprint density at radius 1 is 0.966 bits per heavy atom. The van der Waals surface area contributed by atoms with Gasteiger partial charge in [0.05, 0.1) is 6.10 Å². The largest absolute Gasteiger partial charge is 0.390 e. The fourth-order valence-corrected chi connectivity index (χ4v) is 8.74. The number of rotatable bonds is 5. The van der Waals surface area contributed by atoms with Crippen molar-refractivity contribution in [2.75, 3.05) is 0 Å². The van der Waals surface area contributed by atoms with Crippen molar-refractivity contribution in [3.8, 4) is 0 Å². The summed E-state index contributed by atoms with van der Waals surface area (Å²) in [6, 6.07) is 0. The fourth-order valence-electron chi connectivity index (χ4n) is 8.74. The van der Waals surface area contributed by atoms with Gasteiger partial charge in [-0.1, -0.05) is 60.0 Å². The third-order valence-electron chi connectivity index (χ3n) is 10.4. The maximum atomic E-state index is 10.7. The maximum Gasteiger partial charge on any atom is 0.101 e. The zero-order valence-corrected chi connectivity index (χ0v) is 19.7. The van der Waals surface area contributed by atoms with E-state index in [1.54, 1.807) is 0 Å². The number of aliphatic hydroxyl groups excluding tert-OH is 2. The Kier molecular flexibility index (Phi) is 6.01. The second kappa shape index (κ2) is 7.97. The molecule has 166 valence electrons. The molecule has 9 atom stereocenters. The average Bonchev–Trinajstić information content (AvgIpc) is 3.02. The summed E-state index contributed by atoms with van der Waals surface area (Å²) in [6.45, 7) is 12.3. The first kappa shape index (κ1) is 21.9. The Labute approximate surface area is 179 Å². The normalized spacial score (nSPS) is 47.9. The number of aliphatic hydroxyl groups is 2. The van der Waals surface area contributed by atoms with E-state index in [9.17, 15) is 10.2 Å². The molecule has 2 N–H and O–H groups in total. The van der Waals surface area contributed by atoms with Crippen LogP contribution < -0.4 is 0 Å². The van der Waals surface area contributed by atoms with E-state index < -0.39 is 12.2 Å². The number of hydrogen-bond donors (Lipinski definition) is 2. The van der Waals surface area contributed by atoms with Gasteiger partial charge < -0.3 is 10.2 Å². The highest BCUT2D eigenvalue weighted by Gasteiger charge is 2.60. The lowest BCUT2D eigenvalue weighted by Gasteiger charge is -2.59. The van der Waals surface area contributed by atoms with Crippen LogP contribution in [0.25, 0.3) is 0 Å². The highest BCUT2D eigenvalue weighted by atomic mass is 16.3. The van der Waals surface area contributed by atoms with Gasteiger partial charge in [-0.25, -0.2) is 0 Å². The quantitative estimate of drug-likeness (QED) is 0.525. The standard InChI is InChI=1S/C27H46O2/c1-17(2)7-6-8-18(3)20-11-12-21-19-9-10-23-25(29)24(28)14-16-27(23,5)22(19)13-15-26(20,21)4/h10,17-22,24-25,28-29H,6-9,11-16H2,1-5H3/t18?,19-,20?,21-,22+,24?,25?,26+,27+/m0/s1. The van der Waals surface area contributed by atoms with Gasteiger partial charge in [0, 0.05) is 0 Å².